The lowest BCUT2D eigenvalue weighted by Crippen LogP contribution is -2.54. The standard InChI is InChI=1S/C14H27NO4S2/c1-5-19-13(16)14(15-11(2)3)7-6-12(10-14)20-8-9-21(4,17)18/h11-12,15H,5-10H2,1-4H3. The van der Waals surface area contributed by atoms with Crippen molar-refractivity contribution in [1.29, 1.82) is 0 Å². The van der Waals surface area contributed by atoms with Crippen LogP contribution in [0.5, 0.6) is 0 Å². The zero-order chi connectivity index (χ0) is 16.1. The molecule has 124 valence electrons. The Morgan fingerprint density at radius 1 is 1.48 bits per heavy atom. The van der Waals surface area contributed by atoms with Gasteiger partial charge in [0.2, 0.25) is 0 Å². The maximum atomic E-state index is 12.3. The summed E-state index contributed by atoms with van der Waals surface area (Å²) in [5.74, 6) is 0.604. The van der Waals surface area contributed by atoms with Gasteiger partial charge in [-0.3, -0.25) is 10.1 Å². The van der Waals surface area contributed by atoms with Crippen molar-refractivity contribution >= 4 is 27.6 Å². The second kappa shape index (κ2) is 7.83. The highest BCUT2D eigenvalue weighted by atomic mass is 32.2. The lowest BCUT2D eigenvalue weighted by atomic mass is 9.96. The van der Waals surface area contributed by atoms with Crippen LogP contribution in [0.2, 0.25) is 0 Å². The molecule has 0 aromatic heterocycles. The van der Waals surface area contributed by atoms with Gasteiger partial charge in [-0.25, -0.2) is 8.42 Å². The summed E-state index contributed by atoms with van der Waals surface area (Å²) < 4.78 is 27.6. The summed E-state index contributed by atoms with van der Waals surface area (Å²) in [4.78, 5) is 12.3. The van der Waals surface area contributed by atoms with Gasteiger partial charge in [0.1, 0.15) is 15.4 Å². The van der Waals surface area contributed by atoms with Gasteiger partial charge in [-0.1, -0.05) is 0 Å². The van der Waals surface area contributed by atoms with Crippen LogP contribution in [-0.4, -0.2) is 55.6 Å². The summed E-state index contributed by atoms with van der Waals surface area (Å²) >= 11 is 1.65. The molecule has 0 radical (unpaired) electrons. The van der Waals surface area contributed by atoms with Crippen LogP contribution in [0.15, 0.2) is 0 Å². The molecule has 0 saturated heterocycles. The van der Waals surface area contributed by atoms with Crippen LogP contribution < -0.4 is 5.32 Å². The first kappa shape index (κ1) is 18.8. The molecule has 21 heavy (non-hydrogen) atoms. The smallest absolute Gasteiger partial charge is 0.326 e. The highest BCUT2D eigenvalue weighted by Gasteiger charge is 2.46. The highest BCUT2D eigenvalue weighted by Crippen LogP contribution is 2.38. The normalized spacial score (nSPS) is 26.2. The Labute approximate surface area is 132 Å². The van der Waals surface area contributed by atoms with Crippen molar-refractivity contribution in [1.82, 2.24) is 5.32 Å². The zero-order valence-corrected chi connectivity index (χ0v) is 15.0. The molecule has 7 heteroatoms. The maximum absolute atomic E-state index is 12.3. The molecule has 0 spiro atoms. The lowest BCUT2D eigenvalue weighted by Gasteiger charge is -2.30. The van der Waals surface area contributed by atoms with Crippen LogP contribution in [0, 0.1) is 0 Å². The fourth-order valence-electron chi connectivity index (χ4n) is 2.71. The molecule has 2 atom stereocenters. The van der Waals surface area contributed by atoms with Crippen molar-refractivity contribution < 1.29 is 17.9 Å². The van der Waals surface area contributed by atoms with Crippen molar-refractivity contribution in [3.8, 4) is 0 Å². The van der Waals surface area contributed by atoms with Gasteiger partial charge < -0.3 is 4.74 Å². The van der Waals surface area contributed by atoms with Crippen LogP contribution in [0.25, 0.3) is 0 Å². The average molecular weight is 338 g/mol. The van der Waals surface area contributed by atoms with Crippen molar-refractivity contribution in [3.05, 3.63) is 0 Å². The number of rotatable bonds is 8. The molecule has 0 aromatic carbocycles. The van der Waals surface area contributed by atoms with E-state index in [9.17, 15) is 13.2 Å². The molecule has 0 aromatic rings. The second-order valence-electron chi connectivity index (χ2n) is 5.97. The minimum atomic E-state index is -2.92. The van der Waals surface area contributed by atoms with Crippen molar-refractivity contribution in [3.63, 3.8) is 0 Å². The van der Waals surface area contributed by atoms with Gasteiger partial charge in [0.15, 0.2) is 0 Å². The predicted octanol–water partition coefficient (Wildman–Crippen LogP) is 1.62. The van der Waals surface area contributed by atoms with Gasteiger partial charge in [-0.2, -0.15) is 11.8 Å². The Bertz CT molecular complexity index is 450. The summed E-state index contributed by atoms with van der Waals surface area (Å²) in [7, 11) is -2.92. The maximum Gasteiger partial charge on any atom is 0.326 e. The minimum Gasteiger partial charge on any atom is -0.465 e. The molecule has 0 bridgehead atoms. The fraction of sp³-hybridized carbons (Fsp3) is 0.929. The van der Waals surface area contributed by atoms with Crippen LogP contribution in [0.3, 0.4) is 0 Å². The zero-order valence-electron chi connectivity index (χ0n) is 13.3. The quantitative estimate of drug-likeness (QED) is 0.679. The number of carbonyl (C=O) groups excluding carboxylic acids is 1. The summed E-state index contributed by atoms with van der Waals surface area (Å²) in [5.41, 5.74) is -0.604. The molecule has 0 amide bonds. The van der Waals surface area contributed by atoms with Gasteiger partial charge in [-0.05, 0) is 40.0 Å². The van der Waals surface area contributed by atoms with Gasteiger partial charge in [0, 0.05) is 23.3 Å². The van der Waals surface area contributed by atoms with Crippen molar-refractivity contribution in [2.45, 2.75) is 56.9 Å². The third-order valence-electron chi connectivity index (χ3n) is 3.51. The monoisotopic (exact) mass is 337 g/mol. The highest BCUT2D eigenvalue weighted by molar-refractivity contribution is 8.01. The summed E-state index contributed by atoms with van der Waals surface area (Å²) in [6, 6.07) is 0.203. The van der Waals surface area contributed by atoms with Gasteiger partial charge in [-0.15, -0.1) is 0 Å². The Hall–Kier alpha value is -0.270. The number of sulfone groups is 1. The van der Waals surface area contributed by atoms with Crippen molar-refractivity contribution in [2.24, 2.45) is 0 Å². The van der Waals surface area contributed by atoms with Gasteiger partial charge in [0.25, 0.3) is 0 Å². The summed E-state index contributed by atoms with van der Waals surface area (Å²) in [5, 5.41) is 3.68. The number of hydrogen-bond acceptors (Lipinski definition) is 6. The predicted molar refractivity (Wildman–Crippen MR) is 87.4 cm³/mol. The van der Waals surface area contributed by atoms with Crippen LogP contribution >= 0.6 is 11.8 Å². The first-order valence-electron chi connectivity index (χ1n) is 7.43. The number of nitrogens with one attached hydrogen (secondary N) is 1. The number of carbonyl (C=O) groups is 1. The molecular weight excluding hydrogens is 310 g/mol. The summed E-state index contributed by atoms with van der Waals surface area (Å²) in [6.07, 6.45) is 3.62. The Morgan fingerprint density at radius 3 is 2.67 bits per heavy atom. The molecule has 1 saturated carbocycles. The van der Waals surface area contributed by atoms with E-state index in [1.807, 2.05) is 20.8 Å². The van der Waals surface area contributed by atoms with E-state index in [4.69, 9.17) is 4.74 Å². The topological polar surface area (TPSA) is 72.5 Å². The third kappa shape index (κ3) is 6.16. The SMILES string of the molecule is CCOC(=O)C1(NC(C)C)CCC(SCCS(C)(=O)=O)C1. The van der Waals surface area contributed by atoms with E-state index in [2.05, 4.69) is 5.32 Å². The average Bonchev–Trinajstić information content (AvgIpc) is 2.71. The van der Waals surface area contributed by atoms with Crippen LogP contribution in [-0.2, 0) is 19.4 Å². The first-order valence-corrected chi connectivity index (χ1v) is 10.5. The molecule has 1 fully saturated rings. The van der Waals surface area contributed by atoms with Crippen molar-refractivity contribution in [2.75, 3.05) is 24.4 Å². The molecule has 1 rings (SSSR count). The fourth-order valence-corrected chi connectivity index (χ4v) is 5.32. The molecule has 5 nitrogen and oxygen atoms in total. The minimum absolute atomic E-state index is 0.176. The van der Waals surface area contributed by atoms with E-state index in [0.717, 1.165) is 12.8 Å². The molecule has 0 aliphatic heterocycles. The molecule has 1 N–H and O–H groups in total. The van der Waals surface area contributed by atoms with E-state index in [-0.39, 0.29) is 17.8 Å². The molecule has 0 heterocycles. The number of esters is 1. The largest absolute Gasteiger partial charge is 0.465 e. The number of ether oxygens (including phenoxy) is 1. The van der Waals surface area contributed by atoms with E-state index in [1.165, 1.54) is 6.26 Å². The van der Waals surface area contributed by atoms with E-state index in [0.29, 0.717) is 24.0 Å². The Kier molecular flexibility index (Phi) is 7.00. The van der Waals surface area contributed by atoms with Gasteiger partial charge in [0.05, 0.1) is 12.4 Å². The summed E-state index contributed by atoms with van der Waals surface area (Å²) in [6.45, 7) is 6.23. The molecule has 1 aliphatic carbocycles. The second-order valence-corrected chi connectivity index (χ2v) is 9.64. The van der Waals surface area contributed by atoms with E-state index < -0.39 is 15.4 Å². The first-order chi connectivity index (χ1) is 9.68. The van der Waals surface area contributed by atoms with E-state index in [1.54, 1.807) is 11.8 Å². The number of thioether (sulfide) groups is 1. The van der Waals surface area contributed by atoms with Crippen LogP contribution in [0.4, 0.5) is 0 Å². The molecular formula is C14H27NO4S2. The third-order valence-corrected chi connectivity index (χ3v) is 6.03. The van der Waals surface area contributed by atoms with E-state index >= 15 is 0 Å². The lowest BCUT2D eigenvalue weighted by molar-refractivity contribution is -0.151. The molecule has 2 unspecified atom stereocenters. The Morgan fingerprint density at radius 2 is 2.14 bits per heavy atom. The molecule has 1 aliphatic rings. The van der Waals surface area contributed by atoms with Crippen LogP contribution in [0.1, 0.15) is 40.0 Å². The van der Waals surface area contributed by atoms with Gasteiger partial charge >= 0.3 is 5.97 Å². The number of hydrogen-bond donors (Lipinski definition) is 1. The Balaban J connectivity index is 2.61.